The van der Waals surface area contributed by atoms with Crippen molar-refractivity contribution < 1.29 is 145 Å². The largest absolute Gasteiger partial charge is 1.00 e. The van der Waals surface area contributed by atoms with Gasteiger partial charge in [0.2, 0.25) is 0 Å². The number of hydrogen-bond donors (Lipinski definition) is 6. The van der Waals surface area contributed by atoms with Gasteiger partial charge in [-0.15, -0.1) is 0 Å². The van der Waals surface area contributed by atoms with Crippen LogP contribution in [0.1, 0.15) is 28.5 Å². The van der Waals surface area contributed by atoms with Crippen molar-refractivity contribution in [3.8, 4) is 0 Å². The topological polar surface area (TPSA) is 201 Å². The quantitative estimate of drug-likeness (QED) is 0.211. The molecule has 0 fully saturated rings. The fourth-order valence-corrected chi connectivity index (χ4v) is 1.91. The van der Waals surface area contributed by atoms with E-state index < -0.39 is 60.6 Å². The van der Waals surface area contributed by atoms with Crippen molar-refractivity contribution in [1.82, 2.24) is 0 Å². The van der Waals surface area contributed by atoms with Crippen LogP contribution in [0, 0.1) is 0 Å². The van der Waals surface area contributed by atoms with Gasteiger partial charge in [-0.1, -0.05) is 0 Å². The van der Waals surface area contributed by atoms with Crippen LogP contribution < -0.4 is 114 Å². The Kier molecular flexibility index (Phi) is 14.7. The fraction of sp³-hybridized carbons (Fsp3) is 0.600. The van der Waals surface area contributed by atoms with E-state index in [9.17, 15) is 19.2 Å². The maximum atomic E-state index is 10.8. The Balaban J connectivity index is -0.000000301. The second-order valence-electron chi connectivity index (χ2n) is 4.59. The Labute approximate surface area is 213 Å². The molecule has 0 bridgehead atoms. The molecule has 0 saturated carbocycles. The van der Waals surface area contributed by atoms with E-state index in [-0.39, 0.29) is 106 Å². The molecule has 12 heteroatoms. The number of nitrogens with two attached hydrogens (primary N) is 2. The van der Waals surface area contributed by atoms with Crippen molar-refractivity contribution in [2.24, 2.45) is 11.5 Å². The van der Waals surface area contributed by atoms with Gasteiger partial charge in [0.25, 0.3) is 0 Å². The van der Waals surface area contributed by atoms with E-state index in [0.717, 1.165) is 0 Å². The summed E-state index contributed by atoms with van der Waals surface area (Å²) >= 11 is 0. The number of carboxylic acids is 4. The van der Waals surface area contributed by atoms with Crippen molar-refractivity contribution in [1.29, 1.82) is 0 Å². The Morgan fingerprint density at radius 1 is 0.636 bits per heavy atom. The molecule has 22 heavy (non-hydrogen) atoms. The first-order valence-electron chi connectivity index (χ1n) is 5.37. The maximum absolute atomic E-state index is 10.8. The summed E-state index contributed by atoms with van der Waals surface area (Å²) in [5.41, 5.74) is 6.88. The Bertz CT molecular complexity index is 381. The summed E-state index contributed by atoms with van der Waals surface area (Å²) in [7, 11) is 0. The second-order valence-corrected chi connectivity index (χ2v) is 4.59. The number of hydrogen-bond acceptors (Lipinski definition) is 6. The number of carboxylic acid groups (broad SMARTS) is 4. The van der Waals surface area contributed by atoms with Gasteiger partial charge in [0, 0.05) is 0 Å². The van der Waals surface area contributed by atoms with Crippen molar-refractivity contribution in [2.75, 3.05) is 0 Å². The SMILES string of the molecule is NC(CC(=O)O)(CC(=O)O)C(N)(CC(=O)O)CC(=O)O.[H-].[H-].[K+].[K+]. The van der Waals surface area contributed by atoms with Gasteiger partial charge < -0.3 is 34.7 Å². The summed E-state index contributed by atoms with van der Waals surface area (Å²) in [6.07, 6.45) is -3.90. The molecule has 0 spiro atoms. The minimum absolute atomic E-state index is 0. The summed E-state index contributed by atoms with van der Waals surface area (Å²) in [6.45, 7) is 0. The summed E-state index contributed by atoms with van der Waals surface area (Å²) in [4.78, 5) is 43.2. The molecule has 0 unspecified atom stereocenters. The zero-order chi connectivity index (χ0) is 16.1. The van der Waals surface area contributed by atoms with E-state index in [2.05, 4.69) is 0 Å². The molecule has 118 valence electrons. The van der Waals surface area contributed by atoms with E-state index in [1.165, 1.54) is 0 Å². The van der Waals surface area contributed by atoms with Gasteiger partial charge in [0.05, 0.1) is 36.8 Å². The van der Waals surface area contributed by atoms with Gasteiger partial charge in [-0.3, -0.25) is 19.2 Å². The minimum Gasteiger partial charge on any atom is -1.00 e. The summed E-state index contributed by atoms with van der Waals surface area (Å²) in [6, 6.07) is 0. The van der Waals surface area contributed by atoms with E-state index in [0.29, 0.717) is 0 Å². The number of carbonyl (C=O) groups is 4. The van der Waals surface area contributed by atoms with E-state index >= 15 is 0 Å². The molecule has 10 nitrogen and oxygen atoms in total. The molecule has 0 aliphatic carbocycles. The standard InChI is InChI=1S/C10H16N2O8.2K.2H/c11-9(1-5(13)14,2-6(15)16)10(12,3-7(17)18)4-8(19)20;;;;/h1-4,11-12H2,(H,13,14)(H,15,16)(H,17,18)(H,19,20);;;;/q;2*+1;2*-1. The van der Waals surface area contributed by atoms with Crippen LogP contribution in [0.2, 0.25) is 0 Å². The normalized spacial score (nSPS) is 10.8. The minimum atomic E-state index is -2.22. The fourth-order valence-electron chi connectivity index (χ4n) is 1.91. The first-order chi connectivity index (χ1) is 8.92. The Hall–Kier alpha value is 1.07. The molecule has 0 aromatic rings. The van der Waals surface area contributed by atoms with Crippen LogP contribution in [-0.4, -0.2) is 55.4 Å². The molecule has 0 amide bonds. The van der Waals surface area contributed by atoms with Crippen molar-refractivity contribution in [2.45, 2.75) is 36.8 Å². The summed E-state index contributed by atoms with van der Waals surface area (Å²) in [5.74, 6) is -6.06. The van der Waals surface area contributed by atoms with Gasteiger partial charge in [-0.2, -0.15) is 0 Å². The predicted octanol–water partition coefficient (Wildman–Crippen LogP) is -7.49. The van der Waals surface area contributed by atoms with Crippen LogP contribution in [0.3, 0.4) is 0 Å². The van der Waals surface area contributed by atoms with Crippen LogP contribution in [0.4, 0.5) is 0 Å². The van der Waals surface area contributed by atoms with Gasteiger partial charge in [0.15, 0.2) is 0 Å². The molecule has 0 radical (unpaired) electrons. The molecular formula is C10H18K2N2O8. The van der Waals surface area contributed by atoms with E-state index in [1.807, 2.05) is 0 Å². The molecule has 0 aromatic carbocycles. The van der Waals surface area contributed by atoms with Gasteiger partial charge in [-0.25, -0.2) is 0 Å². The van der Waals surface area contributed by atoms with Crippen LogP contribution in [0.5, 0.6) is 0 Å². The van der Waals surface area contributed by atoms with Crippen molar-refractivity contribution in [3.63, 3.8) is 0 Å². The smallest absolute Gasteiger partial charge is 1.00 e. The Morgan fingerprint density at radius 3 is 0.864 bits per heavy atom. The molecule has 0 heterocycles. The first-order valence-corrected chi connectivity index (χ1v) is 5.37. The van der Waals surface area contributed by atoms with Crippen molar-refractivity contribution >= 4 is 23.9 Å². The molecular weight excluding hydrogens is 354 g/mol. The molecule has 0 aliphatic heterocycles. The third-order valence-electron chi connectivity index (χ3n) is 2.86. The van der Waals surface area contributed by atoms with E-state index in [4.69, 9.17) is 31.9 Å². The van der Waals surface area contributed by atoms with Gasteiger partial charge >= 0.3 is 127 Å². The van der Waals surface area contributed by atoms with E-state index in [1.54, 1.807) is 0 Å². The summed E-state index contributed by atoms with van der Waals surface area (Å²) < 4.78 is 0. The molecule has 8 N–H and O–H groups in total. The van der Waals surface area contributed by atoms with Crippen LogP contribution in [0.15, 0.2) is 0 Å². The maximum Gasteiger partial charge on any atom is 1.00 e. The van der Waals surface area contributed by atoms with Crippen molar-refractivity contribution in [3.05, 3.63) is 0 Å². The zero-order valence-electron chi connectivity index (χ0n) is 14.4. The third kappa shape index (κ3) is 9.39. The number of aliphatic carboxylic acids is 4. The molecule has 0 atom stereocenters. The number of rotatable bonds is 9. The average molecular weight is 372 g/mol. The summed E-state index contributed by atoms with van der Waals surface area (Å²) in [5, 5.41) is 35.1. The molecule has 0 aliphatic rings. The molecule has 0 rings (SSSR count). The third-order valence-corrected chi connectivity index (χ3v) is 2.86. The Morgan fingerprint density at radius 2 is 0.773 bits per heavy atom. The van der Waals surface area contributed by atoms with Gasteiger partial charge in [-0.05, 0) is 0 Å². The first kappa shape index (κ1) is 27.9. The zero-order valence-corrected chi connectivity index (χ0v) is 18.7. The predicted molar refractivity (Wildman–Crippen MR) is 65.1 cm³/mol. The molecule has 0 saturated heterocycles. The monoisotopic (exact) mass is 372 g/mol. The molecule has 0 aromatic heterocycles. The van der Waals surface area contributed by atoms with Crippen LogP contribution in [0.25, 0.3) is 0 Å². The van der Waals surface area contributed by atoms with Crippen LogP contribution >= 0.6 is 0 Å². The average Bonchev–Trinajstić information content (AvgIpc) is 2.10. The van der Waals surface area contributed by atoms with Crippen LogP contribution in [-0.2, 0) is 19.2 Å². The van der Waals surface area contributed by atoms with Gasteiger partial charge in [0.1, 0.15) is 0 Å². The second kappa shape index (κ2) is 11.6.